The van der Waals surface area contributed by atoms with Crippen molar-refractivity contribution in [3.8, 4) is 0 Å². The predicted octanol–water partition coefficient (Wildman–Crippen LogP) is 12.5. The second-order valence-corrected chi connectivity index (χ2v) is 16.1. The summed E-state index contributed by atoms with van der Waals surface area (Å²) >= 11 is 0. The Kier molecular flexibility index (Phi) is 33.0. The lowest BCUT2D eigenvalue weighted by molar-refractivity contribution is -0.167. The predicted molar refractivity (Wildman–Crippen MR) is 212 cm³/mol. The highest BCUT2D eigenvalue weighted by Gasteiger charge is 2.25. The number of carbonyl (C=O) groups excluding carboxylic acids is 2. The number of esters is 2. The third-order valence-electron chi connectivity index (χ3n) is 9.54. The Balaban J connectivity index is 4.36. The van der Waals surface area contributed by atoms with E-state index in [4.69, 9.17) is 26.8 Å². The van der Waals surface area contributed by atoms with Gasteiger partial charge in [0, 0.05) is 24.9 Å². The molecule has 0 rings (SSSR count). The van der Waals surface area contributed by atoms with Crippen LogP contribution in [-0.2, 0) is 28.5 Å². The molecular weight excluding hydrogens is 623 g/mol. The Hall–Kier alpha value is -1.08. The van der Waals surface area contributed by atoms with Crippen LogP contribution in [0, 0.1) is 0 Å². The van der Waals surface area contributed by atoms with Crippen LogP contribution in [0.5, 0.6) is 0 Å². The maximum absolute atomic E-state index is 12.8. The van der Waals surface area contributed by atoms with Crippen LogP contribution in [0.15, 0.2) is 0 Å². The van der Waals surface area contributed by atoms with Crippen molar-refractivity contribution < 1.29 is 28.5 Å². The van der Waals surface area contributed by atoms with E-state index in [1.165, 1.54) is 128 Å². The van der Waals surface area contributed by atoms with Crippen LogP contribution in [0.25, 0.3) is 0 Å². The van der Waals surface area contributed by atoms with Crippen molar-refractivity contribution in [2.45, 2.75) is 245 Å². The number of rotatable bonds is 38. The summed E-state index contributed by atoms with van der Waals surface area (Å²) < 4.78 is 23.2. The van der Waals surface area contributed by atoms with Crippen molar-refractivity contribution in [2.24, 2.45) is 0 Å². The van der Waals surface area contributed by atoms with Gasteiger partial charge < -0.3 is 18.9 Å². The van der Waals surface area contributed by atoms with Gasteiger partial charge in [-0.2, -0.15) is 0 Å². The van der Waals surface area contributed by atoms with Gasteiger partial charge in [0.2, 0.25) is 0 Å². The Morgan fingerprint density at radius 1 is 0.500 bits per heavy atom. The van der Waals surface area contributed by atoms with E-state index in [2.05, 4.69) is 13.8 Å². The number of hydrogen-bond donors (Lipinski definition) is 0. The fourth-order valence-corrected chi connectivity index (χ4v) is 6.14. The van der Waals surface area contributed by atoms with Crippen molar-refractivity contribution in [2.75, 3.05) is 19.8 Å². The first-order valence-corrected chi connectivity index (χ1v) is 21.4. The largest absolute Gasteiger partial charge is 0.462 e. The van der Waals surface area contributed by atoms with Gasteiger partial charge >= 0.3 is 11.9 Å². The number of unbranched alkanes of at least 4 members (excludes halogenated alkanes) is 24. The molecular formula is C43H83BO6. The van der Waals surface area contributed by atoms with Gasteiger partial charge in [0.25, 0.3) is 0 Å². The summed E-state index contributed by atoms with van der Waals surface area (Å²) in [4.78, 5) is 25.3. The van der Waals surface area contributed by atoms with Crippen molar-refractivity contribution >= 4 is 19.8 Å². The summed E-state index contributed by atoms with van der Waals surface area (Å²) in [5.41, 5.74) is -1.22. The molecule has 0 saturated heterocycles. The van der Waals surface area contributed by atoms with Crippen LogP contribution in [0.1, 0.15) is 228 Å². The molecule has 6 nitrogen and oxygen atoms in total. The van der Waals surface area contributed by atoms with E-state index < -0.39 is 17.2 Å². The highest BCUT2D eigenvalue weighted by atomic mass is 16.6. The average molecular weight is 707 g/mol. The molecule has 0 heterocycles. The summed E-state index contributed by atoms with van der Waals surface area (Å²) in [6.45, 7) is 12.8. The molecule has 0 aliphatic heterocycles. The molecule has 0 aliphatic rings. The second kappa shape index (κ2) is 33.7. The molecule has 0 saturated carbocycles. The molecule has 0 aromatic carbocycles. The van der Waals surface area contributed by atoms with Crippen LogP contribution in [0.4, 0.5) is 0 Å². The Bertz CT molecular complexity index is 765. The first kappa shape index (κ1) is 48.9. The third kappa shape index (κ3) is 36.7. The van der Waals surface area contributed by atoms with E-state index in [0.29, 0.717) is 25.9 Å². The minimum absolute atomic E-state index is 0.0179. The fraction of sp³-hybridized carbons (Fsp3) is 0.953. The zero-order valence-corrected chi connectivity index (χ0v) is 34.2. The molecule has 0 N–H and O–H groups in total. The van der Waals surface area contributed by atoms with Gasteiger partial charge in [-0.3, -0.25) is 9.59 Å². The average Bonchev–Trinajstić information content (AvgIpc) is 3.06. The topological polar surface area (TPSA) is 71.1 Å². The van der Waals surface area contributed by atoms with E-state index in [9.17, 15) is 9.59 Å². The number of carbonyl (C=O) groups is 2. The van der Waals surface area contributed by atoms with Crippen LogP contribution in [-0.4, -0.2) is 56.8 Å². The quantitative estimate of drug-likeness (QED) is 0.0362. The van der Waals surface area contributed by atoms with E-state index in [1.54, 1.807) is 0 Å². The molecule has 0 amide bonds. The standard InChI is InChI=1S/C43H83BO6/c1-7-9-11-13-15-17-19-21-23-25-27-29-31-33-40(45)47-37-39(38-49-42(3,4)35-36-48-43(5,6)44)50-41(46)34-32-30-28-26-24-22-20-18-16-14-12-10-8-2/h39H,7-38H2,1-6H3. The molecule has 0 aliphatic carbocycles. The van der Waals surface area contributed by atoms with Crippen LogP contribution >= 0.6 is 0 Å². The van der Waals surface area contributed by atoms with Gasteiger partial charge in [-0.25, -0.2) is 0 Å². The lowest BCUT2D eigenvalue weighted by atomic mass is 9.86. The zero-order chi connectivity index (χ0) is 37.2. The molecule has 0 aromatic rings. The van der Waals surface area contributed by atoms with E-state index >= 15 is 0 Å². The summed E-state index contributed by atoms with van der Waals surface area (Å²) in [6.07, 6.45) is 33.6. The smallest absolute Gasteiger partial charge is 0.306 e. The third-order valence-corrected chi connectivity index (χ3v) is 9.54. The molecule has 0 spiro atoms. The second-order valence-electron chi connectivity index (χ2n) is 16.1. The Labute approximate surface area is 312 Å². The van der Waals surface area contributed by atoms with E-state index in [0.717, 1.165) is 38.5 Å². The van der Waals surface area contributed by atoms with Crippen molar-refractivity contribution in [3.05, 3.63) is 0 Å². The van der Waals surface area contributed by atoms with E-state index in [-0.39, 0.29) is 25.2 Å². The van der Waals surface area contributed by atoms with Crippen molar-refractivity contribution in [1.29, 1.82) is 0 Å². The fourth-order valence-electron chi connectivity index (χ4n) is 6.14. The number of hydrogen-bond acceptors (Lipinski definition) is 6. The molecule has 2 radical (unpaired) electrons. The van der Waals surface area contributed by atoms with Crippen LogP contribution in [0.3, 0.4) is 0 Å². The highest BCUT2D eigenvalue weighted by Crippen LogP contribution is 2.19. The van der Waals surface area contributed by atoms with Crippen LogP contribution < -0.4 is 0 Å². The van der Waals surface area contributed by atoms with Gasteiger partial charge in [-0.05, 0) is 47.0 Å². The molecule has 7 heteroatoms. The molecule has 0 bridgehead atoms. The maximum Gasteiger partial charge on any atom is 0.306 e. The molecule has 1 unspecified atom stereocenters. The number of ether oxygens (including phenoxy) is 4. The lowest BCUT2D eigenvalue weighted by Gasteiger charge is -2.29. The maximum atomic E-state index is 12.8. The Morgan fingerprint density at radius 2 is 0.860 bits per heavy atom. The first-order chi connectivity index (χ1) is 24.0. The van der Waals surface area contributed by atoms with E-state index in [1.807, 2.05) is 27.7 Å². The summed E-state index contributed by atoms with van der Waals surface area (Å²) in [6, 6.07) is 0. The summed E-state index contributed by atoms with van der Waals surface area (Å²) in [7, 11) is 5.95. The Morgan fingerprint density at radius 3 is 1.24 bits per heavy atom. The van der Waals surface area contributed by atoms with Gasteiger partial charge in [0.1, 0.15) is 14.5 Å². The molecule has 50 heavy (non-hydrogen) atoms. The minimum Gasteiger partial charge on any atom is -0.462 e. The van der Waals surface area contributed by atoms with Gasteiger partial charge in [-0.1, -0.05) is 168 Å². The normalized spacial score (nSPS) is 12.7. The van der Waals surface area contributed by atoms with Gasteiger partial charge in [-0.15, -0.1) is 0 Å². The summed E-state index contributed by atoms with van der Waals surface area (Å²) in [5, 5.41) is 0. The lowest BCUT2D eigenvalue weighted by Crippen LogP contribution is -2.36. The molecule has 0 fully saturated rings. The zero-order valence-electron chi connectivity index (χ0n) is 34.2. The molecule has 294 valence electrons. The van der Waals surface area contributed by atoms with Crippen molar-refractivity contribution in [1.82, 2.24) is 0 Å². The highest BCUT2D eigenvalue weighted by molar-refractivity contribution is 6.13. The summed E-state index contributed by atoms with van der Waals surface area (Å²) in [5.74, 6) is -0.483. The molecule has 1 atom stereocenters. The van der Waals surface area contributed by atoms with Crippen LogP contribution in [0.2, 0.25) is 0 Å². The SMILES string of the molecule is [B]C(C)(C)OCCC(C)(C)OCC(COC(=O)CCCCCCCCCCCCCCC)OC(=O)CCCCCCCCCCCCCCC. The minimum atomic E-state index is -0.705. The monoisotopic (exact) mass is 707 g/mol. The van der Waals surface area contributed by atoms with Gasteiger partial charge in [0.05, 0.1) is 12.2 Å². The van der Waals surface area contributed by atoms with Crippen molar-refractivity contribution in [3.63, 3.8) is 0 Å². The van der Waals surface area contributed by atoms with Gasteiger partial charge in [0.15, 0.2) is 6.10 Å². The first-order valence-electron chi connectivity index (χ1n) is 21.4. The molecule has 0 aromatic heterocycles.